The third-order valence-corrected chi connectivity index (χ3v) is 5.53. The van der Waals surface area contributed by atoms with Crippen LogP contribution in [-0.4, -0.2) is 55.0 Å². The van der Waals surface area contributed by atoms with Crippen molar-refractivity contribution in [1.29, 1.82) is 0 Å². The second kappa shape index (κ2) is 4.99. The molecule has 3 fully saturated rings. The molecule has 1 spiro atoms. The molecule has 2 N–H and O–H groups in total. The van der Waals surface area contributed by atoms with E-state index in [-0.39, 0.29) is 11.1 Å². The van der Waals surface area contributed by atoms with Crippen molar-refractivity contribution in [3.8, 4) is 0 Å². The van der Waals surface area contributed by atoms with Gasteiger partial charge in [0.25, 0.3) is 0 Å². The van der Waals surface area contributed by atoms with Gasteiger partial charge < -0.3 is 15.2 Å². The molecule has 3 aliphatic heterocycles. The van der Waals surface area contributed by atoms with Gasteiger partial charge in [-0.1, -0.05) is 13.8 Å². The van der Waals surface area contributed by atoms with Crippen LogP contribution >= 0.6 is 0 Å². The van der Waals surface area contributed by atoms with E-state index in [0.29, 0.717) is 12.0 Å². The predicted octanol–water partition coefficient (Wildman–Crippen LogP) is 1.38. The van der Waals surface area contributed by atoms with Crippen LogP contribution in [0.25, 0.3) is 0 Å². The molecule has 3 heterocycles. The van der Waals surface area contributed by atoms with Crippen molar-refractivity contribution in [1.82, 2.24) is 4.90 Å². The third kappa shape index (κ3) is 2.56. The fourth-order valence-corrected chi connectivity index (χ4v) is 3.74. The van der Waals surface area contributed by atoms with Crippen molar-refractivity contribution in [2.24, 2.45) is 11.7 Å². The van der Waals surface area contributed by atoms with Gasteiger partial charge in [0.1, 0.15) is 0 Å². The molecule has 4 nitrogen and oxygen atoms in total. The minimum absolute atomic E-state index is 0.0428. The average Bonchev–Trinajstić information content (AvgIpc) is 2.35. The highest BCUT2D eigenvalue weighted by Crippen LogP contribution is 2.39. The Bertz CT molecular complexity index is 315. The largest absolute Gasteiger partial charge is 0.381 e. The Balaban J connectivity index is 1.58. The van der Waals surface area contributed by atoms with E-state index in [1.54, 1.807) is 0 Å². The van der Waals surface area contributed by atoms with Gasteiger partial charge in [-0.25, -0.2) is 0 Å². The van der Waals surface area contributed by atoms with Gasteiger partial charge in [0.2, 0.25) is 0 Å². The first-order valence-corrected chi connectivity index (χ1v) is 7.78. The highest BCUT2D eigenvalue weighted by atomic mass is 16.5. The van der Waals surface area contributed by atoms with Gasteiger partial charge >= 0.3 is 0 Å². The number of hydrogen-bond donors (Lipinski definition) is 1. The number of nitrogens with zero attached hydrogens (tertiary/aromatic N) is 1. The molecule has 0 radical (unpaired) electrons. The molecular formula is C15H28N2O2. The molecule has 1 atom stereocenters. The van der Waals surface area contributed by atoms with Crippen LogP contribution in [0.4, 0.5) is 0 Å². The minimum Gasteiger partial charge on any atom is -0.381 e. The first-order valence-electron chi connectivity index (χ1n) is 7.78. The Morgan fingerprint density at radius 1 is 1.16 bits per heavy atom. The molecule has 0 amide bonds. The first kappa shape index (κ1) is 13.8. The van der Waals surface area contributed by atoms with E-state index in [4.69, 9.17) is 15.2 Å². The van der Waals surface area contributed by atoms with E-state index in [1.807, 2.05) is 0 Å². The number of hydrogen-bond acceptors (Lipinski definition) is 4. The second-order valence-electron chi connectivity index (χ2n) is 7.08. The summed E-state index contributed by atoms with van der Waals surface area (Å²) in [5.41, 5.74) is 6.57. The average molecular weight is 268 g/mol. The van der Waals surface area contributed by atoms with E-state index < -0.39 is 0 Å². The molecule has 3 rings (SSSR count). The lowest BCUT2D eigenvalue weighted by Gasteiger charge is -2.56. The maximum Gasteiger partial charge on any atom is 0.0741 e. The minimum atomic E-state index is 0.0428. The lowest BCUT2D eigenvalue weighted by Crippen LogP contribution is -2.72. The maximum absolute atomic E-state index is 6.42. The summed E-state index contributed by atoms with van der Waals surface area (Å²) in [5, 5.41) is 0. The zero-order valence-corrected chi connectivity index (χ0v) is 12.4. The van der Waals surface area contributed by atoms with Gasteiger partial charge in [0.15, 0.2) is 0 Å². The van der Waals surface area contributed by atoms with Crippen LogP contribution in [0.15, 0.2) is 0 Å². The van der Waals surface area contributed by atoms with Crippen LogP contribution in [0, 0.1) is 5.92 Å². The highest BCUT2D eigenvalue weighted by Gasteiger charge is 2.48. The van der Waals surface area contributed by atoms with E-state index in [1.165, 1.54) is 6.42 Å². The lowest BCUT2D eigenvalue weighted by molar-refractivity contribution is -0.162. The quantitative estimate of drug-likeness (QED) is 0.822. The van der Waals surface area contributed by atoms with E-state index in [0.717, 1.165) is 52.2 Å². The molecule has 0 aromatic heterocycles. The number of likely N-dealkylation sites (tertiary alicyclic amines) is 1. The molecule has 0 saturated carbocycles. The molecular weight excluding hydrogens is 240 g/mol. The summed E-state index contributed by atoms with van der Waals surface area (Å²) < 4.78 is 11.6. The molecule has 3 saturated heterocycles. The topological polar surface area (TPSA) is 47.7 Å². The Morgan fingerprint density at radius 2 is 1.84 bits per heavy atom. The maximum atomic E-state index is 6.42. The van der Waals surface area contributed by atoms with Gasteiger partial charge in [-0.2, -0.15) is 0 Å². The zero-order valence-electron chi connectivity index (χ0n) is 12.4. The SMILES string of the molecule is CC(C)C1(N)CN(C2CCOC3(CCOCC3)C2)C1. The van der Waals surface area contributed by atoms with E-state index in [9.17, 15) is 0 Å². The molecule has 0 bridgehead atoms. The fourth-order valence-electron chi connectivity index (χ4n) is 3.74. The molecule has 0 aliphatic carbocycles. The Kier molecular flexibility index (Phi) is 3.63. The molecule has 4 heteroatoms. The van der Waals surface area contributed by atoms with Crippen molar-refractivity contribution in [3.63, 3.8) is 0 Å². The van der Waals surface area contributed by atoms with Crippen molar-refractivity contribution in [2.75, 3.05) is 32.9 Å². The molecule has 0 aromatic carbocycles. The third-order valence-electron chi connectivity index (χ3n) is 5.53. The van der Waals surface area contributed by atoms with Crippen molar-refractivity contribution < 1.29 is 9.47 Å². The summed E-state index contributed by atoms with van der Waals surface area (Å²) in [6, 6.07) is 0.669. The summed E-state index contributed by atoms with van der Waals surface area (Å²) >= 11 is 0. The van der Waals surface area contributed by atoms with Crippen molar-refractivity contribution >= 4 is 0 Å². The van der Waals surface area contributed by atoms with Crippen LogP contribution in [0.2, 0.25) is 0 Å². The molecule has 1 unspecified atom stereocenters. The standard InChI is InChI=1S/C15H28N2O2/c1-12(2)15(16)10-17(11-15)13-3-6-19-14(9-13)4-7-18-8-5-14/h12-13H,3-11,16H2,1-2H3. The van der Waals surface area contributed by atoms with Crippen molar-refractivity contribution in [2.45, 2.75) is 56.7 Å². The first-order chi connectivity index (χ1) is 9.03. The Hall–Kier alpha value is -0.160. The monoisotopic (exact) mass is 268 g/mol. The van der Waals surface area contributed by atoms with Gasteiger partial charge in [-0.3, -0.25) is 4.90 Å². The van der Waals surface area contributed by atoms with Gasteiger partial charge in [-0.05, 0) is 31.6 Å². The number of rotatable bonds is 2. The molecule has 110 valence electrons. The molecule has 19 heavy (non-hydrogen) atoms. The summed E-state index contributed by atoms with van der Waals surface area (Å²) in [4.78, 5) is 2.58. The smallest absolute Gasteiger partial charge is 0.0741 e. The predicted molar refractivity (Wildman–Crippen MR) is 75.1 cm³/mol. The normalized spacial score (nSPS) is 34.4. The summed E-state index contributed by atoms with van der Waals surface area (Å²) in [6.07, 6.45) is 4.46. The summed E-state index contributed by atoms with van der Waals surface area (Å²) in [6.45, 7) is 9.21. The van der Waals surface area contributed by atoms with E-state index >= 15 is 0 Å². The summed E-state index contributed by atoms with van der Waals surface area (Å²) in [5.74, 6) is 0.570. The van der Waals surface area contributed by atoms with Gasteiger partial charge in [-0.15, -0.1) is 0 Å². The van der Waals surface area contributed by atoms with Crippen LogP contribution < -0.4 is 5.73 Å². The second-order valence-corrected chi connectivity index (χ2v) is 7.08. The Morgan fingerprint density at radius 3 is 2.47 bits per heavy atom. The van der Waals surface area contributed by atoms with Crippen LogP contribution in [0.1, 0.15) is 39.5 Å². The van der Waals surface area contributed by atoms with Gasteiger partial charge in [0, 0.05) is 44.5 Å². The van der Waals surface area contributed by atoms with Crippen LogP contribution in [0.3, 0.4) is 0 Å². The molecule has 0 aromatic rings. The zero-order chi connectivity index (χ0) is 13.5. The van der Waals surface area contributed by atoms with Crippen molar-refractivity contribution in [3.05, 3.63) is 0 Å². The lowest BCUT2D eigenvalue weighted by atomic mass is 9.76. The fraction of sp³-hybridized carbons (Fsp3) is 1.00. The molecule has 3 aliphatic rings. The van der Waals surface area contributed by atoms with E-state index in [2.05, 4.69) is 18.7 Å². The summed E-state index contributed by atoms with van der Waals surface area (Å²) in [7, 11) is 0. The highest BCUT2D eigenvalue weighted by molar-refractivity contribution is 5.05. The number of nitrogens with two attached hydrogens (primary N) is 1. The Labute approximate surface area is 116 Å². The van der Waals surface area contributed by atoms with Crippen LogP contribution in [-0.2, 0) is 9.47 Å². The number of ether oxygens (including phenoxy) is 2. The van der Waals surface area contributed by atoms with Gasteiger partial charge in [0.05, 0.1) is 5.60 Å². The van der Waals surface area contributed by atoms with Crippen LogP contribution in [0.5, 0.6) is 0 Å².